The highest BCUT2D eigenvalue weighted by molar-refractivity contribution is 5.63. The van der Waals surface area contributed by atoms with Gasteiger partial charge in [0.25, 0.3) is 0 Å². The Morgan fingerprint density at radius 1 is 1.00 bits per heavy atom. The number of terminal acetylenes is 1. The first kappa shape index (κ1) is 20.1. The first-order chi connectivity index (χ1) is 15.1. The van der Waals surface area contributed by atoms with Crippen LogP contribution in [0.25, 0.3) is 16.2 Å². The summed E-state index contributed by atoms with van der Waals surface area (Å²) in [6.07, 6.45) is 8.64. The van der Waals surface area contributed by atoms with Gasteiger partial charge in [-0.15, -0.1) is 6.42 Å². The molecule has 2 aromatic heterocycles. The maximum atomic E-state index is 7.08. The molecule has 0 bridgehead atoms. The fourth-order valence-corrected chi connectivity index (χ4v) is 3.66. The van der Waals surface area contributed by atoms with Crippen molar-refractivity contribution in [1.82, 2.24) is 9.97 Å². The maximum absolute atomic E-state index is 7.08. The Balaban J connectivity index is 1.55. The zero-order chi connectivity index (χ0) is 21.8. The molecule has 4 rings (SSSR count). The van der Waals surface area contributed by atoms with Crippen molar-refractivity contribution in [3.8, 4) is 23.7 Å². The Hall–Kier alpha value is -4.15. The molecule has 0 spiro atoms. The highest BCUT2D eigenvalue weighted by Crippen LogP contribution is 2.30. The van der Waals surface area contributed by atoms with Gasteiger partial charge in [0, 0.05) is 35.9 Å². The number of furan rings is 1. The van der Waals surface area contributed by atoms with Crippen LogP contribution in [-0.4, -0.2) is 9.97 Å². The van der Waals surface area contributed by atoms with Gasteiger partial charge in [-0.25, -0.2) is 9.97 Å². The van der Waals surface area contributed by atoms with Gasteiger partial charge >= 0.3 is 5.88 Å². The smallest absolute Gasteiger partial charge is 0.346 e. The molecule has 4 heteroatoms. The van der Waals surface area contributed by atoms with E-state index in [9.17, 15) is 0 Å². The number of aryl methyl sites for hydroxylation is 2. The van der Waals surface area contributed by atoms with E-state index in [0.29, 0.717) is 18.1 Å². The molecule has 0 amide bonds. The molecule has 150 valence electrons. The molecule has 0 N–H and O–H groups in total. The van der Waals surface area contributed by atoms with Gasteiger partial charge in [-0.3, -0.25) is 0 Å². The predicted molar refractivity (Wildman–Crippen MR) is 122 cm³/mol. The van der Waals surface area contributed by atoms with Crippen molar-refractivity contribution >= 4 is 5.88 Å². The summed E-state index contributed by atoms with van der Waals surface area (Å²) in [7, 11) is 0. The van der Waals surface area contributed by atoms with Gasteiger partial charge in [0.05, 0.1) is 6.57 Å². The molecule has 0 saturated heterocycles. The quantitative estimate of drug-likeness (QED) is 0.300. The van der Waals surface area contributed by atoms with Crippen LogP contribution in [0.2, 0.25) is 0 Å². The minimum Gasteiger partial charge on any atom is -0.480 e. The number of benzene rings is 2. The van der Waals surface area contributed by atoms with E-state index in [2.05, 4.69) is 41.7 Å². The second kappa shape index (κ2) is 8.69. The second-order valence-corrected chi connectivity index (χ2v) is 7.50. The first-order valence-corrected chi connectivity index (χ1v) is 10.00. The molecule has 4 nitrogen and oxygen atoms in total. The van der Waals surface area contributed by atoms with Crippen LogP contribution in [0, 0.1) is 32.8 Å². The summed E-state index contributed by atoms with van der Waals surface area (Å²) >= 11 is 0. The zero-order valence-electron chi connectivity index (χ0n) is 17.5. The lowest BCUT2D eigenvalue weighted by molar-refractivity contribution is 0.607. The Bertz CT molecular complexity index is 1290. The monoisotopic (exact) mass is 403 g/mol. The van der Waals surface area contributed by atoms with Gasteiger partial charge in [-0.2, -0.15) is 4.85 Å². The summed E-state index contributed by atoms with van der Waals surface area (Å²) in [4.78, 5) is 12.6. The Kier molecular flexibility index (Phi) is 5.65. The fraction of sp³-hybridized carbons (Fsp3) is 0.148. The van der Waals surface area contributed by atoms with Crippen LogP contribution in [0.3, 0.4) is 0 Å². The fourth-order valence-electron chi connectivity index (χ4n) is 3.66. The zero-order valence-corrected chi connectivity index (χ0v) is 17.5. The SMILES string of the molecule is [C-]#[N+]c1ccc(-c2cc(C)c(Cc3ccnc(Cc4ccc(C#C)cc4)n3)c(C)c2)o1. The van der Waals surface area contributed by atoms with Crippen LogP contribution in [0.4, 0.5) is 5.88 Å². The van der Waals surface area contributed by atoms with Gasteiger partial charge in [0.15, 0.2) is 0 Å². The molecular formula is C27H21N3O. The summed E-state index contributed by atoms with van der Waals surface area (Å²) in [6.45, 7) is 11.3. The summed E-state index contributed by atoms with van der Waals surface area (Å²) in [6, 6.07) is 17.6. The van der Waals surface area contributed by atoms with Crippen molar-refractivity contribution in [2.75, 3.05) is 0 Å². The van der Waals surface area contributed by atoms with Crippen molar-refractivity contribution in [2.24, 2.45) is 0 Å². The second-order valence-electron chi connectivity index (χ2n) is 7.50. The van der Waals surface area contributed by atoms with Crippen LogP contribution in [-0.2, 0) is 12.8 Å². The molecule has 0 fully saturated rings. The largest absolute Gasteiger partial charge is 0.480 e. The number of rotatable bonds is 5. The molecule has 0 aliphatic rings. The van der Waals surface area contributed by atoms with Gasteiger partial charge in [-0.1, -0.05) is 18.1 Å². The molecule has 31 heavy (non-hydrogen) atoms. The van der Waals surface area contributed by atoms with Crippen LogP contribution in [0.5, 0.6) is 0 Å². The number of hydrogen-bond donors (Lipinski definition) is 0. The van der Waals surface area contributed by atoms with Crippen LogP contribution >= 0.6 is 0 Å². The van der Waals surface area contributed by atoms with E-state index in [1.54, 1.807) is 6.07 Å². The molecule has 0 radical (unpaired) electrons. The Morgan fingerprint density at radius 3 is 2.39 bits per heavy atom. The topological polar surface area (TPSA) is 43.3 Å². The highest BCUT2D eigenvalue weighted by Gasteiger charge is 2.11. The molecule has 0 aliphatic carbocycles. The average molecular weight is 403 g/mol. The summed E-state index contributed by atoms with van der Waals surface area (Å²) < 4.78 is 5.59. The minimum atomic E-state index is 0.303. The normalized spacial score (nSPS) is 10.5. The minimum absolute atomic E-state index is 0.303. The van der Waals surface area contributed by atoms with Gasteiger partial charge in [-0.05, 0) is 78.6 Å². The Morgan fingerprint density at radius 2 is 1.74 bits per heavy atom. The van der Waals surface area contributed by atoms with E-state index in [4.69, 9.17) is 22.4 Å². The lowest BCUT2D eigenvalue weighted by Crippen LogP contribution is -2.03. The van der Waals surface area contributed by atoms with E-state index in [1.807, 2.05) is 42.6 Å². The third-order valence-corrected chi connectivity index (χ3v) is 5.29. The third kappa shape index (κ3) is 4.55. The van der Waals surface area contributed by atoms with E-state index >= 15 is 0 Å². The van der Waals surface area contributed by atoms with Crippen LogP contribution < -0.4 is 0 Å². The van der Waals surface area contributed by atoms with E-state index in [0.717, 1.165) is 34.6 Å². The van der Waals surface area contributed by atoms with E-state index in [-0.39, 0.29) is 0 Å². The Labute approximate surface area is 182 Å². The first-order valence-electron chi connectivity index (χ1n) is 10.00. The van der Waals surface area contributed by atoms with Crippen molar-refractivity contribution in [3.05, 3.63) is 112 Å². The molecule has 2 heterocycles. The van der Waals surface area contributed by atoms with Crippen molar-refractivity contribution < 1.29 is 4.42 Å². The maximum Gasteiger partial charge on any atom is 0.346 e. The summed E-state index contributed by atoms with van der Waals surface area (Å²) in [5, 5.41) is 0. The number of hydrogen-bond acceptors (Lipinski definition) is 3. The lowest BCUT2D eigenvalue weighted by atomic mass is 9.95. The molecule has 0 atom stereocenters. The van der Waals surface area contributed by atoms with E-state index < -0.39 is 0 Å². The molecule has 0 aliphatic heterocycles. The van der Waals surface area contributed by atoms with Crippen LogP contribution in [0.15, 0.2) is 65.2 Å². The van der Waals surface area contributed by atoms with Crippen molar-refractivity contribution in [2.45, 2.75) is 26.7 Å². The van der Waals surface area contributed by atoms with Crippen LogP contribution in [0.1, 0.15) is 39.3 Å². The predicted octanol–water partition coefficient (Wildman–Crippen LogP) is 6.07. The number of nitrogens with zero attached hydrogens (tertiary/aromatic N) is 3. The highest BCUT2D eigenvalue weighted by atomic mass is 16.4. The molecule has 2 aromatic carbocycles. The van der Waals surface area contributed by atoms with Gasteiger partial charge < -0.3 is 4.42 Å². The molecule has 4 aromatic rings. The standard InChI is InChI=1S/C27H21N3O/c1-5-20-6-8-21(9-7-20)16-26-29-13-12-23(30-26)17-24-18(2)14-22(15-19(24)3)25-10-11-27(28-4)31-25/h1,6-15H,16-17H2,2-3H3. The molecular weight excluding hydrogens is 382 g/mol. The molecule has 0 unspecified atom stereocenters. The molecule has 0 saturated carbocycles. The van der Waals surface area contributed by atoms with Gasteiger partial charge in [0.2, 0.25) is 0 Å². The third-order valence-electron chi connectivity index (χ3n) is 5.29. The van der Waals surface area contributed by atoms with Crippen molar-refractivity contribution in [3.63, 3.8) is 0 Å². The summed E-state index contributed by atoms with van der Waals surface area (Å²) in [5.74, 6) is 4.44. The van der Waals surface area contributed by atoms with Crippen molar-refractivity contribution in [1.29, 1.82) is 0 Å². The summed E-state index contributed by atoms with van der Waals surface area (Å²) in [5.41, 5.74) is 7.54. The van der Waals surface area contributed by atoms with Gasteiger partial charge in [0.1, 0.15) is 11.6 Å². The number of aromatic nitrogens is 2. The lowest BCUT2D eigenvalue weighted by Gasteiger charge is -2.12. The average Bonchev–Trinajstić information content (AvgIpc) is 3.26. The van der Waals surface area contributed by atoms with E-state index in [1.165, 1.54) is 16.7 Å².